The van der Waals surface area contributed by atoms with Crippen LogP contribution in [0.5, 0.6) is 17.2 Å². The van der Waals surface area contributed by atoms with E-state index in [-0.39, 0.29) is 33.0 Å². The molecule has 9 heteroatoms. The summed E-state index contributed by atoms with van der Waals surface area (Å²) in [6.07, 6.45) is -0.0311. The molecule has 1 fully saturated rings. The van der Waals surface area contributed by atoms with Gasteiger partial charge in [-0.15, -0.1) is 0 Å². The number of nitrogens with zero attached hydrogens (tertiary/aromatic N) is 1. The quantitative estimate of drug-likeness (QED) is 0.211. The molecule has 7 nitrogen and oxygen atoms in total. The number of anilines is 1. The van der Waals surface area contributed by atoms with Gasteiger partial charge in [0.15, 0.2) is 0 Å². The summed E-state index contributed by atoms with van der Waals surface area (Å²) in [6.45, 7) is 3.82. The first-order valence-electron chi connectivity index (χ1n) is 11.4. The number of hydrogen-bond acceptors (Lipinski definition) is 6. The van der Waals surface area contributed by atoms with Gasteiger partial charge in [0.1, 0.15) is 23.0 Å². The van der Waals surface area contributed by atoms with Crippen molar-refractivity contribution in [1.82, 2.24) is 0 Å². The number of ether oxygens (including phenoxy) is 3. The van der Waals surface area contributed by atoms with Crippen molar-refractivity contribution >= 4 is 46.3 Å². The van der Waals surface area contributed by atoms with Gasteiger partial charge in [-0.2, -0.15) is 0 Å². The highest BCUT2D eigenvalue weighted by atomic mass is 35.5. The molecule has 1 aliphatic rings. The van der Waals surface area contributed by atoms with Gasteiger partial charge < -0.3 is 19.3 Å². The van der Waals surface area contributed by atoms with Gasteiger partial charge in [0.2, 0.25) is 0 Å². The maximum Gasteiger partial charge on any atom is 0.300 e. The van der Waals surface area contributed by atoms with E-state index in [0.29, 0.717) is 22.7 Å². The largest absolute Gasteiger partial charge is 0.507 e. The van der Waals surface area contributed by atoms with E-state index in [2.05, 4.69) is 0 Å². The van der Waals surface area contributed by atoms with Crippen molar-refractivity contribution in [2.45, 2.75) is 26.0 Å². The number of ketones is 1. The van der Waals surface area contributed by atoms with Crippen molar-refractivity contribution in [3.05, 3.63) is 87.4 Å². The van der Waals surface area contributed by atoms with Crippen LogP contribution in [0.1, 0.15) is 31.0 Å². The molecule has 1 N–H and O–H groups in total. The summed E-state index contributed by atoms with van der Waals surface area (Å²) >= 11 is 12.5. The lowest BCUT2D eigenvalue weighted by Gasteiger charge is -2.26. The topological polar surface area (TPSA) is 85.3 Å². The Bertz CT molecular complexity index is 1380. The second-order valence-electron chi connectivity index (χ2n) is 8.57. The third-order valence-corrected chi connectivity index (χ3v) is 6.31. The number of halogens is 2. The molecule has 0 radical (unpaired) electrons. The van der Waals surface area contributed by atoms with Crippen molar-refractivity contribution < 1.29 is 28.9 Å². The first kappa shape index (κ1) is 26.4. The van der Waals surface area contributed by atoms with Crippen molar-refractivity contribution in [3.8, 4) is 17.2 Å². The number of amides is 1. The fourth-order valence-corrected chi connectivity index (χ4v) is 4.84. The molecule has 1 amide bonds. The Morgan fingerprint density at radius 2 is 1.65 bits per heavy atom. The molecule has 0 aromatic heterocycles. The molecule has 3 aromatic carbocycles. The van der Waals surface area contributed by atoms with E-state index in [1.807, 2.05) is 13.8 Å². The molecule has 0 aliphatic carbocycles. The molecule has 1 unspecified atom stereocenters. The highest BCUT2D eigenvalue weighted by molar-refractivity contribution is 6.52. The monoisotopic (exact) mass is 541 g/mol. The Hall–Kier alpha value is -3.68. The highest BCUT2D eigenvalue weighted by Crippen LogP contribution is 2.45. The third-order valence-electron chi connectivity index (χ3n) is 5.81. The fraction of sp³-hybridized carbons (Fsp3) is 0.214. The first-order valence-corrected chi connectivity index (χ1v) is 12.2. The Balaban J connectivity index is 1.95. The van der Waals surface area contributed by atoms with E-state index >= 15 is 0 Å². The fourth-order valence-electron chi connectivity index (χ4n) is 4.27. The molecule has 1 atom stereocenters. The number of aliphatic hydroxyl groups excluding tert-OH is 1. The predicted molar refractivity (Wildman–Crippen MR) is 143 cm³/mol. The summed E-state index contributed by atoms with van der Waals surface area (Å²) in [5.74, 6) is -0.882. The number of benzene rings is 3. The molecule has 0 saturated carbocycles. The summed E-state index contributed by atoms with van der Waals surface area (Å²) in [6, 6.07) is 15.7. The molecule has 3 aromatic rings. The number of rotatable bonds is 7. The molecule has 4 rings (SSSR count). The lowest BCUT2D eigenvalue weighted by molar-refractivity contribution is -0.132. The summed E-state index contributed by atoms with van der Waals surface area (Å²) in [4.78, 5) is 28.2. The number of hydrogen-bond donors (Lipinski definition) is 1. The van der Waals surface area contributed by atoms with Gasteiger partial charge in [0.05, 0.1) is 42.5 Å². The van der Waals surface area contributed by atoms with Crippen LogP contribution in [0.3, 0.4) is 0 Å². The van der Waals surface area contributed by atoms with Crippen LogP contribution in [0, 0.1) is 0 Å². The average molecular weight is 542 g/mol. The van der Waals surface area contributed by atoms with Gasteiger partial charge in [-0.1, -0.05) is 35.3 Å². The minimum atomic E-state index is -0.977. The Kier molecular flexibility index (Phi) is 7.66. The van der Waals surface area contributed by atoms with E-state index < -0.39 is 23.5 Å². The summed E-state index contributed by atoms with van der Waals surface area (Å²) in [7, 11) is 2.90. The smallest absolute Gasteiger partial charge is 0.300 e. The minimum absolute atomic E-state index is 0.0311. The lowest BCUT2D eigenvalue weighted by Crippen LogP contribution is -2.29. The average Bonchev–Trinajstić information content (AvgIpc) is 3.13. The van der Waals surface area contributed by atoms with Gasteiger partial charge in [0, 0.05) is 10.7 Å². The number of carbonyl (C=O) groups excluding carboxylic acids is 2. The van der Waals surface area contributed by atoms with Crippen molar-refractivity contribution in [3.63, 3.8) is 0 Å². The van der Waals surface area contributed by atoms with Crippen LogP contribution in [0.15, 0.2) is 66.2 Å². The van der Waals surface area contributed by atoms with Gasteiger partial charge in [-0.3, -0.25) is 14.5 Å². The van der Waals surface area contributed by atoms with Crippen molar-refractivity contribution in [2.75, 3.05) is 19.1 Å². The first-order chi connectivity index (χ1) is 17.7. The molecule has 37 heavy (non-hydrogen) atoms. The van der Waals surface area contributed by atoms with E-state index in [1.165, 1.54) is 31.3 Å². The van der Waals surface area contributed by atoms with Crippen LogP contribution in [-0.4, -0.2) is 37.1 Å². The molecule has 1 heterocycles. The van der Waals surface area contributed by atoms with Gasteiger partial charge in [-0.25, -0.2) is 0 Å². The maximum absolute atomic E-state index is 13.5. The molecule has 192 valence electrons. The molecule has 0 bridgehead atoms. The number of Topliss-reactive ketones (excluding diaryl/α,β-unsaturated/α-hetero) is 1. The van der Waals surface area contributed by atoms with Crippen LogP contribution in [-0.2, 0) is 9.59 Å². The zero-order chi connectivity index (χ0) is 26.9. The molecule has 0 spiro atoms. The predicted octanol–water partition coefficient (Wildman–Crippen LogP) is 6.42. The lowest BCUT2D eigenvalue weighted by atomic mass is 9.94. The van der Waals surface area contributed by atoms with Gasteiger partial charge >= 0.3 is 0 Å². The Morgan fingerprint density at radius 3 is 2.27 bits per heavy atom. The second kappa shape index (κ2) is 10.7. The van der Waals surface area contributed by atoms with Crippen LogP contribution in [0.2, 0.25) is 10.0 Å². The van der Waals surface area contributed by atoms with E-state index in [9.17, 15) is 14.7 Å². The molecule has 1 saturated heterocycles. The van der Waals surface area contributed by atoms with Crippen LogP contribution >= 0.6 is 23.2 Å². The summed E-state index contributed by atoms with van der Waals surface area (Å²) in [5, 5.41) is 11.8. The summed E-state index contributed by atoms with van der Waals surface area (Å²) < 4.78 is 16.5. The van der Waals surface area contributed by atoms with Crippen LogP contribution in [0.4, 0.5) is 5.69 Å². The number of aliphatic hydroxyl groups is 1. The SMILES string of the molecule is COc1cccc(C2/C(=C(\O)c3cc(Cl)cc(Cl)c3OC)C(=O)C(=O)N2c2ccc(OC(C)C)cc2)c1. The molecular weight excluding hydrogens is 517 g/mol. The maximum atomic E-state index is 13.5. The zero-order valence-corrected chi connectivity index (χ0v) is 22.1. The normalized spacial score (nSPS) is 16.8. The van der Waals surface area contributed by atoms with Crippen LogP contribution < -0.4 is 19.1 Å². The van der Waals surface area contributed by atoms with Gasteiger partial charge in [-0.05, 0) is 67.9 Å². The standard InChI is InChI=1S/C28H25Cl2NO6/c1-15(2)37-19-10-8-18(9-11-19)31-24(16-6-5-7-20(12-16)35-3)23(26(33)28(31)34)25(32)21-13-17(29)14-22(30)27(21)36-4/h5-15,24,32H,1-4H3/b25-23+. The van der Waals surface area contributed by atoms with Gasteiger partial charge in [0.25, 0.3) is 11.7 Å². The zero-order valence-electron chi connectivity index (χ0n) is 20.6. The van der Waals surface area contributed by atoms with E-state index in [0.717, 1.165) is 0 Å². The molecule has 1 aliphatic heterocycles. The summed E-state index contributed by atoms with van der Waals surface area (Å²) in [5.41, 5.74) is 0.944. The van der Waals surface area contributed by atoms with Crippen molar-refractivity contribution in [2.24, 2.45) is 0 Å². The Morgan fingerprint density at radius 1 is 0.946 bits per heavy atom. The second-order valence-corrected chi connectivity index (χ2v) is 9.42. The third kappa shape index (κ3) is 5.10. The minimum Gasteiger partial charge on any atom is -0.507 e. The number of methoxy groups -OCH3 is 2. The molecular formula is C28H25Cl2NO6. The van der Waals surface area contributed by atoms with Crippen molar-refractivity contribution in [1.29, 1.82) is 0 Å². The van der Waals surface area contributed by atoms with E-state index in [1.54, 1.807) is 48.5 Å². The van der Waals surface area contributed by atoms with E-state index in [4.69, 9.17) is 37.4 Å². The number of carbonyl (C=O) groups is 2. The van der Waals surface area contributed by atoms with Crippen LogP contribution in [0.25, 0.3) is 5.76 Å². The highest BCUT2D eigenvalue weighted by Gasteiger charge is 2.47. The Labute approximate surface area is 224 Å².